The first-order valence-corrected chi connectivity index (χ1v) is 14.7. The Kier molecular flexibility index (Phi) is 10.8. The number of ether oxygens (including phenoxy) is 1. The molecule has 30 heavy (non-hydrogen) atoms. The summed E-state index contributed by atoms with van der Waals surface area (Å²) in [5.41, 5.74) is 1.55. The van der Waals surface area contributed by atoms with Crippen LogP contribution in [0.4, 0.5) is 0 Å². The Morgan fingerprint density at radius 3 is 2.23 bits per heavy atom. The van der Waals surface area contributed by atoms with E-state index < -0.39 is 0 Å². The van der Waals surface area contributed by atoms with Crippen LogP contribution in [-0.2, 0) is 0 Å². The van der Waals surface area contributed by atoms with Gasteiger partial charge in [0, 0.05) is 17.4 Å². The minimum atomic E-state index is 0.440. The van der Waals surface area contributed by atoms with Crippen molar-refractivity contribution in [1.82, 2.24) is 0 Å². The highest BCUT2D eigenvalue weighted by Gasteiger charge is 2.47. The van der Waals surface area contributed by atoms with E-state index in [1.54, 1.807) is 5.56 Å². The van der Waals surface area contributed by atoms with Crippen molar-refractivity contribution in [2.75, 3.05) is 18.1 Å². The molecule has 0 aromatic heterocycles. The molecule has 1 aromatic carbocycles. The second-order valence-electron chi connectivity index (χ2n) is 9.39. The maximum atomic E-state index is 6.03. The summed E-state index contributed by atoms with van der Waals surface area (Å²) in [5, 5.41) is 0. The maximum Gasteiger partial charge on any atom is 0.119 e. The van der Waals surface area contributed by atoms with Crippen LogP contribution in [0.25, 0.3) is 0 Å². The molecule has 1 heterocycles. The number of unbranched alkanes of at least 4 members (excludes halogenated alkanes) is 7. The molecule has 3 rings (SSSR count). The van der Waals surface area contributed by atoms with Gasteiger partial charge in [0.05, 0.1) is 10.7 Å². The van der Waals surface area contributed by atoms with Crippen LogP contribution in [0.1, 0.15) is 109 Å². The lowest BCUT2D eigenvalue weighted by molar-refractivity contribution is 0.295. The SMILES string of the molecule is CCCCCCCCOc1ccc([C@@H]2CC[C@@H](CCCCC)CC23SCCS3)cc1. The van der Waals surface area contributed by atoms with Crippen LogP contribution in [0, 0.1) is 5.92 Å². The van der Waals surface area contributed by atoms with E-state index in [1.165, 1.54) is 95.0 Å². The standard InChI is InChI=1S/C27H44OS2/c1-3-5-7-8-9-11-19-28-25-16-14-24(15-17-25)26-18-13-23(12-10-6-4-2)22-27(26)29-20-21-30-27/h14-17,23,26H,3-13,18-22H2,1-2H3/t23-,26+/m1/s1. The maximum absolute atomic E-state index is 6.03. The number of benzene rings is 1. The van der Waals surface area contributed by atoms with Gasteiger partial charge >= 0.3 is 0 Å². The van der Waals surface area contributed by atoms with Crippen LogP contribution in [0.2, 0.25) is 0 Å². The molecule has 0 unspecified atom stereocenters. The molecule has 1 aromatic rings. The van der Waals surface area contributed by atoms with Gasteiger partial charge in [-0.1, -0.05) is 83.8 Å². The summed E-state index contributed by atoms with van der Waals surface area (Å²) in [6.45, 7) is 5.46. The molecule has 3 heteroatoms. The monoisotopic (exact) mass is 448 g/mol. The van der Waals surface area contributed by atoms with E-state index in [0.29, 0.717) is 10.00 Å². The summed E-state index contributed by atoms with van der Waals surface area (Å²) >= 11 is 4.54. The molecule has 2 fully saturated rings. The average molecular weight is 449 g/mol. The average Bonchev–Trinajstić information content (AvgIpc) is 3.22. The van der Waals surface area contributed by atoms with E-state index in [-0.39, 0.29) is 0 Å². The molecule has 1 aliphatic heterocycles. The lowest BCUT2D eigenvalue weighted by Crippen LogP contribution is -2.35. The second-order valence-corrected chi connectivity index (χ2v) is 12.5. The first-order chi connectivity index (χ1) is 14.8. The van der Waals surface area contributed by atoms with Gasteiger partial charge in [-0.3, -0.25) is 0 Å². The largest absolute Gasteiger partial charge is 0.494 e. The minimum absolute atomic E-state index is 0.440. The first-order valence-electron chi connectivity index (χ1n) is 12.8. The summed E-state index contributed by atoms with van der Waals surface area (Å²) in [7, 11) is 0. The zero-order valence-electron chi connectivity index (χ0n) is 19.5. The molecule has 0 radical (unpaired) electrons. The van der Waals surface area contributed by atoms with Crippen molar-refractivity contribution >= 4 is 23.5 Å². The third kappa shape index (κ3) is 7.12. The van der Waals surface area contributed by atoms with Crippen LogP contribution in [0.5, 0.6) is 5.75 Å². The van der Waals surface area contributed by atoms with Crippen molar-refractivity contribution < 1.29 is 4.74 Å². The molecule has 1 saturated heterocycles. The zero-order valence-corrected chi connectivity index (χ0v) is 21.1. The van der Waals surface area contributed by atoms with Gasteiger partial charge in [-0.05, 0) is 49.3 Å². The summed E-state index contributed by atoms with van der Waals surface area (Å²) in [5.74, 6) is 5.39. The normalized spacial score (nSPS) is 23.1. The molecule has 0 amide bonds. The number of hydrogen-bond acceptors (Lipinski definition) is 3. The van der Waals surface area contributed by atoms with E-state index in [2.05, 4.69) is 61.6 Å². The molecule has 0 bridgehead atoms. The van der Waals surface area contributed by atoms with E-state index in [4.69, 9.17) is 4.74 Å². The third-order valence-electron chi connectivity index (χ3n) is 7.01. The van der Waals surface area contributed by atoms with Crippen molar-refractivity contribution in [1.29, 1.82) is 0 Å². The zero-order chi connectivity index (χ0) is 21.1. The Morgan fingerprint density at radius 2 is 1.50 bits per heavy atom. The smallest absolute Gasteiger partial charge is 0.119 e. The van der Waals surface area contributed by atoms with Gasteiger partial charge < -0.3 is 4.74 Å². The van der Waals surface area contributed by atoms with Gasteiger partial charge in [0.15, 0.2) is 0 Å². The topological polar surface area (TPSA) is 9.23 Å². The number of rotatable bonds is 13. The first kappa shape index (κ1) is 24.4. The van der Waals surface area contributed by atoms with E-state index >= 15 is 0 Å². The molecule has 2 aliphatic rings. The van der Waals surface area contributed by atoms with Crippen molar-refractivity contribution in [2.45, 2.75) is 107 Å². The molecule has 0 N–H and O–H groups in total. The fourth-order valence-electron chi connectivity index (χ4n) is 5.28. The Hall–Kier alpha value is -0.280. The molecule has 1 spiro atoms. The van der Waals surface area contributed by atoms with Crippen molar-refractivity contribution in [3.05, 3.63) is 29.8 Å². The van der Waals surface area contributed by atoms with Gasteiger partial charge in [-0.15, -0.1) is 23.5 Å². The van der Waals surface area contributed by atoms with E-state index in [9.17, 15) is 0 Å². The van der Waals surface area contributed by atoms with Crippen molar-refractivity contribution in [3.8, 4) is 5.75 Å². The fourth-order valence-corrected chi connectivity index (χ4v) is 9.09. The molecule has 170 valence electrons. The van der Waals surface area contributed by atoms with Crippen molar-refractivity contribution in [3.63, 3.8) is 0 Å². The van der Waals surface area contributed by atoms with Crippen LogP contribution in [0.15, 0.2) is 24.3 Å². The highest BCUT2D eigenvalue weighted by molar-refractivity contribution is 8.21. The molecule has 1 saturated carbocycles. The van der Waals surface area contributed by atoms with Gasteiger partial charge in [-0.2, -0.15) is 0 Å². The Morgan fingerprint density at radius 1 is 0.833 bits per heavy atom. The predicted molar refractivity (Wildman–Crippen MR) is 137 cm³/mol. The van der Waals surface area contributed by atoms with Gasteiger partial charge in [0.2, 0.25) is 0 Å². The van der Waals surface area contributed by atoms with Crippen LogP contribution < -0.4 is 4.74 Å². The molecule has 1 aliphatic carbocycles. The Bertz CT molecular complexity index is 579. The van der Waals surface area contributed by atoms with Gasteiger partial charge in [0.1, 0.15) is 5.75 Å². The molecular weight excluding hydrogens is 404 g/mol. The summed E-state index contributed by atoms with van der Waals surface area (Å²) < 4.78 is 6.47. The van der Waals surface area contributed by atoms with Crippen LogP contribution >= 0.6 is 23.5 Å². The molecular formula is C27H44OS2. The van der Waals surface area contributed by atoms with E-state index in [0.717, 1.165) is 18.3 Å². The van der Waals surface area contributed by atoms with Gasteiger partial charge in [0.25, 0.3) is 0 Å². The summed E-state index contributed by atoms with van der Waals surface area (Å²) in [6, 6.07) is 9.22. The molecule has 1 nitrogen and oxygen atoms in total. The predicted octanol–water partition coefficient (Wildman–Crippen LogP) is 9.07. The fraction of sp³-hybridized carbons (Fsp3) is 0.778. The third-order valence-corrected chi connectivity index (χ3v) is 10.7. The number of thioether (sulfide) groups is 2. The van der Waals surface area contributed by atoms with E-state index in [1.807, 2.05) is 0 Å². The van der Waals surface area contributed by atoms with Gasteiger partial charge in [-0.25, -0.2) is 0 Å². The Labute approximate surface area is 194 Å². The lowest BCUT2D eigenvalue weighted by atomic mass is 9.76. The number of hydrogen-bond donors (Lipinski definition) is 0. The summed E-state index contributed by atoms with van der Waals surface area (Å²) in [4.78, 5) is 0. The highest BCUT2D eigenvalue weighted by atomic mass is 32.2. The van der Waals surface area contributed by atoms with Crippen LogP contribution in [0.3, 0.4) is 0 Å². The highest BCUT2D eigenvalue weighted by Crippen LogP contribution is 2.61. The lowest BCUT2D eigenvalue weighted by Gasteiger charge is -2.44. The second kappa shape index (κ2) is 13.3. The van der Waals surface area contributed by atoms with Crippen LogP contribution in [-0.4, -0.2) is 22.2 Å². The quantitative estimate of drug-likeness (QED) is 0.278. The minimum Gasteiger partial charge on any atom is -0.494 e. The van der Waals surface area contributed by atoms with Crippen molar-refractivity contribution in [2.24, 2.45) is 5.92 Å². The summed E-state index contributed by atoms with van der Waals surface area (Å²) in [6.07, 6.45) is 17.8. The molecule has 2 atom stereocenters. The Balaban J connectivity index is 1.49.